The second kappa shape index (κ2) is 7.24. The second-order valence-electron chi connectivity index (χ2n) is 6.98. The van der Waals surface area contributed by atoms with Crippen LogP contribution in [0.15, 0.2) is 24.3 Å². The summed E-state index contributed by atoms with van der Waals surface area (Å²) in [7, 11) is 1.64. The van der Waals surface area contributed by atoms with Crippen LogP contribution in [0.5, 0.6) is 5.75 Å². The third-order valence-electron chi connectivity index (χ3n) is 5.31. The smallest absolute Gasteiger partial charge is 0.306 e. The Hall–Kier alpha value is -2.04. The third kappa shape index (κ3) is 3.89. The van der Waals surface area contributed by atoms with Crippen LogP contribution in [0.3, 0.4) is 0 Å². The molecule has 5 heteroatoms. The lowest BCUT2D eigenvalue weighted by Gasteiger charge is -2.28. The number of amides is 1. The average Bonchev–Trinajstić information content (AvgIpc) is 3.44. The molecule has 0 aromatic heterocycles. The molecule has 0 radical (unpaired) electrons. The zero-order valence-electron chi connectivity index (χ0n) is 14.0. The Balaban J connectivity index is 1.61. The van der Waals surface area contributed by atoms with E-state index in [2.05, 4.69) is 5.32 Å². The van der Waals surface area contributed by atoms with E-state index in [1.807, 2.05) is 24.3 Å². The molecular weight excluding hydrogens is 306 g/mol. The van der Waals surface area contributed by atoms with Gasteiger partial charge in [0.25, 0.3) is 0 Å². The van der Waals surface area contributed by atoms with E-state index in [1.165, 1.54) is 0 Å². The maximum atomic E-state index is 12.6. The molecule has 1 aromatic rings. The van der Waals surface area contributed by atoms with Crippen LogP contribution >= 0.6 is 0 Å². The van der Waals surface area contributed by atoms with E-state index >= 15 is 0 Å². The monoisotopic (exact) mass is 331 g/mol. The number of aliphatic carboxylic acids is 1. The summed E-state index contributed by atoms with van der Waals surface area (Å²) in [4.78, 5) is 23.7. The van der Waals surface area contributed by atoms with E-state index in [-0.39, 0.29) is 23.8 Å². The van der Waals surface area contributed by atoms with Gasteiger partial charge in [-0.15, -0.1) is 0 Å². The number of carboxylic acid groups (broad SMARTS) is 1. The summed E-state index contributed by atoms with van der Waals surface area (Å²) in [6, 6.07) is 7.94. The Bertz CT molecular complexity index is 586. The first-order valence-corrected chi connectivity index (χ1v) is 8.75. The highest BCUT2D eigenvalue weighted by molar-refractivity contribution is 5.80. The summed E-state index contributed by atoms with van der Waals surface area (Å²) in [6.45, 7) is 0. The normalized spacial score (nSPS) is 24.9. The van der Waals surface area contributed by atoms with Crippen molar-refractivity contribution in [3.05, 3.63) is 29.8 Å². The Labute approximate surface area is 142 Å². The zero-order valence-corrected chi connectivity index (χ0v) is 14.0. The van der Waals surface area contributed by atoms with Gasteiger partial charge in [-0.1, -0.05) is 12.1 Å². The highest BCUT2D eigenvalue weighted by Crippen LogP contribution is 2.42. The molecule has 2 aliphatic carbocycles. The predicted octanol–water partition coefficient (Wildman–Crippen LogP) is 3.15. The first kappa shape index (κ1) is 16.8. The van der Waals surface area contributed by atoms with E-state index in [0.29, 0.717) is 31.6 Å². The Morgan fingerprint density at radius 3 is 2.12 bits per heavy atom. The van der Waals surface area contributed by atoms with Crippen LogP contribution in [0.4, 0.5) is 0 Å². The summed E-state index contributed by atoms with van der Waals surface area (Å²) >= 11 is 0. The van der Waals surface area contributed by atoms with E-state index in [0.717, 1.165) is 24.2 Å². The third-order valence-corrected chi connectivity index (χ3v) is 5.31. The van der Waals surface area contributed by atoms with Gasteiger partial charge >= 0.3 is 5.97 Å². The number of benzene rings is 1. The van der Waals surface area contributed by atoms with Crippen LogP contribution in [-0.2, 0) is 9.59 Å². The number of carbonyl (C=O) groups is 2. The van der Waals surface area contributed by atoms with Gasteiger partial charge in [0.05, 0.1) is 19.1 Å². The maximum Gasteiger partial charge on any atom is 0.306 e. The lowest BCUT2D eigenvalue weighted by atomic mass is 9.81. The van der Waals surface area contributed by atoms with Gasteiger partial charge in [-0.25, -0.2) is 0 Å². The summed E-state index contributed by atoms with van der Waals surface area (Å²) in [5, 5.41) is 12.3. The maximum absolute atomic E-state index is 12.6. The number of carboxylic acids is 1. The van der Waals surface area contributed by atoms with Crippen molar-refractivity contribution in [2.45, 2.75) is 44.6 Å². The van der Waals surface area contributed by atoms with Gasteiger partial charge in [0.2, 0.25) is 5.91 Å². The minimum atomic E-state index is -0.733. The number of methoxy groups -OCH3 is 1. The molecule has 1 aromatic carbocycles. The van der Waals surface area contributed by atoms with Gasteiger partial charge in [-0.3, -0.25) is 9.59 Å². The van der Waals surface area contributed by atoms with Gasteiger partial charge in [-0.05, 0) is 62.1 Å². The van der Waals surface area contributed by atoms with Gasteiger partial charge in [0.1, 0.15) is 5.75 Å². The minimum Gasteiger partial charge on any atom is -0.497 e. The predicted molar refractivity (Wildman–Crippen MR) is 89.7 cm³/mol. The molecule has 0 aliphatic heterocycles. The molecule has 5 nitrogen and oxygen atoms in total. The van der Waals surface area contributed by atoms with E-state index in [1.54, 1.807) is 7.11 Å². The van der Waals surface area contributed by atoms with E-state index in [4.69, 9.17) is 9.84 Å². The van der Waals surface area contributed by atoms with E-state index in [9.17, 15) is 9.59 Å². The molecule has 0 saturated heterocycles. The largest absolute Gasteiger partial charge is 0.497 e. The number of nitrogens with one attached hydrogen (secondary N) is 1. The highest BCUT2D eigenvalue weighted by atomic mass is 16.5. The van der Waals surface area contributed by atoms with Crippen molar-refractivity contribution in [3.8, 4) is 5.75 Å². The highest BCUT2D eigenvalue weighted by Gasteiger charge is 2.36. The summed E-state index contributed by atoms with van der Waals surface area (Å²) < 4.78 is 5.20. The second-order valence-corrected chi connectivity index (χ2v) is 6.98. The molecule has 130 valence electrons. The van der Waals surface area contributed by atoms with Crippen molar-refractivity contribution in [2.75, 3.05) is 7.11 Å². The lowest BCUT2D eigenvalue weighted by Crippen LogP contribution is -2.37. The fourth-order valence-electron chi connectivity index (χ4n) is 3.59. The molecule has 0 heterocycles. The topological polar surface area (TPSA) is 75.6 Å². The van der Waals surface area contributed by atoms with Crippen LogP contribution < -0.4 is 10.1 Å². The Morgan fingerprint density at radius 2 is 1.62 bits per heavy atom. The Morgan fingerprint density at radius 1 is 1.04 bits per heavy atom. The molecule has 2 N–H and O–H groups in total. The SMILES string of the molecule is COc1ccc(C(NC(=O)C2CCC(C(=O)O)CC2)C2CC2)cc1. The van der Waals surface area contributed by atoms with Crippen molar-refractivity contribution in [1.82, 2.24) is 5.32 Å². The van der Waals surface area contributed by atoms with Crippen LogP contribution in [-0.4, -0.2) is 24.1 Å². The van der Waals surface area contributed by atoms with Crippen LogP contribution in [0, 0.1) is 17.8 Å². The van der Waals surface area contributed by atoms with Crippen LogP contribution in [0.1, 0.15) is 50.1 Å². The van der Waals surface area contributed by atoms with Crippen LogP contribution in [0.2, 0.25) is 0 Å². The quantitative estimate of drug-likeness (QED) is 0.839. The standard InChI is InChI=1S/C19H25NO4/c1-24-16-10-8-13(9-11-16)17(12-2-3-12)20-18(21)14-4-6-15(7-5-14)19(22)23/h8-12,14-15,17H,2-7H2,1H3,(H,20,21)(H,22,23). The number of ether oxygens (including phenoxy) is 1. The van der Waals surface area contributed by atoms with Crippen molar-refractivity contribution < 1.29 is 19.4 Å². The van der Waals surface area contributed by atoms with Gasteiger partial charge in [0.15, 0.2) is 0 Å². The first-order chi connectivity index (χ1) is 11.6. The number of hydrogen-bond acceptors (Lipinski definition) is 3. The molecule has 1 amide bonds. The average molecular weight is 331 g/mol. The molecule has 2 saturated carbocycles. The summed E-state index contributed by atoms with van der Waals surface area (Å²) in [6.07, 6.45) is 4.82. The van der Waals surface area contributed by atoms with Crippen molar-refractivity contribution in [3.63, 3.8) is 0 Å². The van der Waals surface area contributed by atoms with E-state index < -0.39 is 5.97 Å². The molecule has 24 heavy (non-hydrogen) atoms. The minimum absolute atomic E-state index is 0.0555. The molecule has 3 rings (SSSR count). The number of rotatable bonds is 6. The fourth-order valence-corrected chi connectivity index (χ4v) is 3.59. The first-order valence-electron chi connectivity index (χ1n) is 8.75. The molecule has 2 fully saturated rings. The molecule has 1 unspecified atom stereocenters. The molecule has 2 aliphatic rings. The molecule has 0 spiro atoms. The van der Waals surface area contributed by atoms with Crippen molar-refractivity contribution >= 4 is 11.9 Å². The Kier molecular flexibility index (Phi) is 5.07. The van der Waals surface area contributed by atoms with Crippen molar-refractivity contribution in [1.29, 1.82) is 0 Å². The number of hydrogen-bond donors (Lipinski definition) is 2. The van der Waals surface area contributed by atoms with Gasteiger partial charge in [-0.2, -0.15) is 0 Å². The number of carbonyl (C=O) groups excluding carboxylic acids is 1. The fraction of sp³-hybridized carbons (Fsp3) is 0.579. The lowest BCUT2D eigenvalue weighted by molar-refractivity contribution is -0.144. The zero-order chi connectivity index (χ0) is 17.1. The molecule has 0 bridgehead atoms. The van der Waals surface area contributed by atoms with Gasteiger partial charge < -0.3 is 15.2 Å². The summed E-state index contributed by atoms with van der Waals surface area (Å²) in [5.41, 5.74) is 1.12. The molecular formula is C19H25NO4. The van der Waals surface area contributed by atoms with Crippen LogP contribution in [0.25, 0.3) is 0 Å². The molecule has 1 atom stereocenters. The summed E-state index contributed by atoms with van der Waals surface area (Å²) in [5.74, 6) is 0.328. The van der Waals surface area contributed by atoms with Crippen molar-refractivity contribution in [2.24, 2.45) is 17.8 Å². The van der Waals surface area contributed by atoms with Gasteiger partial charge in [0, 0.05) is 5.92 Å².